The Labute approximate surface area is 122 Å². The van der Waals surface area contributed by atoms with Crippen molar-refractivity contribution < 1.29 is 4.73 Å². The Morgan fingerprint density at radius 3 is 2.21 bits per heavy atom. The summed E-state index contributed by atoms with van der Waals surface area (Å²) >= 11 is 11.5. The molecule has 19 heavy (non-hydrogen) atoms. The lowest BCUT2D eigenvalue weighted by atomic mass is 10.2. The molecule has 5 heteroatoms. The highest BCUT2D eigenvalue weighted by Gasteiger charge is 2.07. The average molecular weight is 297 g/mol. The van der Waals surface area contributed by atoms with Gasteiger partial charge in [-0.2, -0.15) is 4.73 Å². The number of rotatable bonds is 4. The molecule has 0 spiro atoms. The fourth-order valence-electron chi connectivity index (χ4n) is 1.87. The number of halogens is 2. The third kappa shape index (κ3) is 4.10. The van der Waals surface area contributed by atoms with Crippen molar-refractivity contribution in [3.05, 3.63) is 69.1 Å². The Morgan fingerprint density at radius 2 is 1.58 bits per heavy atom. The zero-order valence-corrected chi connectivity index (χ0v) is 12.0. The van der Waals surface area contributed by atoms with Gasteiger partial charge in [0.15, 0.2) is 6.20 Å². The summed E-state index contributed by atoms with van der Waals surface area (Å²) in [5, 5.41) is 12.3. The zero-order chi connectivity index (χ0) is 13.8. The van der Waals surface area contributed by atoms with Gasteiger partial charge < -0.3 is 5.21 Å². The van der Waals surface area contributed by atoms with E-state index in [4.69, 9.17) is 23.2 Å². The van der Waals surface area contributed by atoms with Crippen LogP contribution in [0.15, 0.2) is 42.6 Å². The largest absolute Gasteiger partial charge is 0.618 e. The van der Waals surface area contributed by atoms with Crippen LogP contribution in [0.5, 0.6) is 0 Å². The van der Waals surface area contributed by atoms with E-state index in [0.717, 1.165) is 17.1 Å². The monoisotopic (exact) mass is 296 g/mol. The van der Waals surface area contributed by atoms with Gasteiger partial charge in [0.25, 0.3) is 5.15 Å². The molecule has 0 bridgehead atoms. The Morgan fingerprint density at radius 1 is 1.00 bits per heavy atom. The van der Waals surface area contributed by atoms with Gasteiger partial charge in [-0.15, -0.1) is 0 Å². The molecule has 0 atom stereocenters. The number of nitrogens with zero attached hydrogens (tertiary/aromatic N) is 2. The molecule has 1 aromatic heterocycles. The molecular formula is C14H14Cl2N2O. The fourth-order valence-corrected chi connectivity index (χ4v) is 2.10. The molecule has 3 nitrogen and oxygen atoms in total. The molecule has 1 heterocycles. The summed E-state index contributed by atoms with van der Waals surface area (Å²) in [6.07, 6.45) is 1.50. The smallest absolute Gasteiger partial charge is 0.286 e. The number of benzene rings is 1. The second-order valence-electron chi connectivity index (χ2n) is 4.48. The van der Waals surface area contributed by atoms with Gasteiger partial charge in [0.05, 0.1) is 0 Å². The molecule has 0 N–H and O–H groups in total. The van der Waals surface area contributed by atoms with Crippen LogP contribution in [0.1, 0.15) is 11.1 Å². The summed E-state index contributed by atoms with van der Waals surface area (Å²) in [4.78, 5) is 2.12. The van der Waals surface area contributed by atoms with Crippen LogP contribution in [0.4, 0.5) is 0 Å². The lowest BCUT2D eigenvalue weighted by Crippen LogP contribution is -2.28. The topological polar surface area (TPSA) is 30.2 Å². The van der Waals surface area contributed by atoms with E-state index >= 15 is 0 Å². The van der Waals surface area contributed by atoms with Crippen LogP contribution in [-0.2, 0) is 13.1 Å². The Kier molecular flexibility index (Phi) is 4.64. The second-order valence-corrected chi connectivity index (χ2v) is 5.31. The van der Waals surface area contributed by atoms with Crippen molar-refractivity contribution in [2.24, 2.45) is 0 Å². The Hall–Kier alpha value is -1.29. The lowest BCUT2D eigenvalue weighted by Gasteiger charge is -2.16. The van der Waals surface area contributed by atoms with E-state index in [9.17, 15) is 5.21 Å². The summed E-state index contributed by atoms with van der Waals surface area (Å²) in [7, 11) is 2.00. The fraction of sp³-hybridized carbons (Fsp3) is 0.214. The second kappa shape index (κ2) is 6.24. The Bertz CT molecular complexity index is 558. The van der Waals surface area contributed by atoms with Crippen molar-refractivity contribution in [3.63, 3.8) is 0 Å². The molecule has 0 unspecified atom stereocenters. The quantitative estimate of drug-likeness (QED) is 0.492. The van der Waals surface area contributed by atoms with Gasteiger partial charge in [-0.25, -0.2) is 0 Å². The third-order valence-electron chi connectivity index (χ3n) is 2.75. The van der Waals surface area contributed by atoms with Gasteiger partial charge in [0.2, 0.25) is 0 Å². The summed E-state index contributed by atoms with van der Waals surface area (Å²) in [5.74, 6) is 0. The first-order valence-corrected chi connectivity index (χ1v) is 6.61. The third-order valence-corrected chi connectivity index (χ3v) is 3.29. The molecule has 0 amide bonds. The van der Waals surface area contributed by atoms with Crippen molar-refractivity contribution in [2.75, 3.05) is 7.05 Å². The number of hydrogen-bond donors (Lipinski definition) is 0. The van der Waals surface area contributed by atoms with Gasteiger partial charge >= 0.3 is 0 Å². The average Bonchev–Trinajstić information content (AvgIpc) is 2.37. The van der Waals surface area contributed by atoms with E-state index in [1.165, 1.54) is 11.8 Å². The van der Waals surface area contributed by atoms with E-state index in [0.29, 0.717) is 11.3 Å². The maximum absolute atomic E-state index is 11.4. The summed E-state index contributed by atoms with van der Waals surface area (Å²) in [5.41, 5.74) is 2.10. The predicted molar refractivity (Wildman–Crippen MR) is 77.0 cm³/mol. The molecule has 0 aliphatic rings. The summed E-state index contributed by atoms with van der Waals surface area (Å²) in [6.45, 7) is 1.47. The highest BCUT2D eigenvalue weighted by atomic mass is 35.5. The van der Waals surface area contributed by atoms with Crippen LogP contribution in [-0.4, -0.2) is 11.9 Å². The van der Waals surface area contributed by atoms with E-state index in [2.05, 4.69) is 4.90 Å². The van der Waals surface area contributed by atoms with Crippen molar-refractivity contribution in [1.82, 2.24) is 4.90 Å². The van der Waals surface area contributed by atoms with Gasteiger partial charge in [-0.3, -0.25) is 4.90 Å². The molecule has 2 rings (SSSR count). The normalized spacial score (nSPS) is 10.9. The SMILES string of the molecule is CN(Cc1ccc(Cl)cc1)Cc1ccc(Cl)[n+]([O-])c1. The summed E-state index contributed by atoms with van der Waals surface area (Å²) in [6, 6.07) is 11.2. The molecule has 0 saturated carbocycles. The zero-order valence-electron chi connectivity index (χ0n) is 10.5. The van der Waals surface area contributed by atoms with E-state index in [1.54, 1.807) is 6.07 Å². The molecule has 0 radical (unpaired) electrons. The standard InChI is InChI=1S/C14H14Cl2N2O/c1-17(8-11-2-5-13(15)6-3-11)9-12-4-7-14(16)18(19)10-12/h2-7,10H,8-9H2,1H3. The highest BCUT2D eigenvalue weighted by molar-refractivity contribution is 6.30. The van der Waals surface area contributed by atoms with Gasteiger partial charge in [0, 0.05) is 29.7 Å². The van der Waals surface area contributed by atoms with Crippen LogP contribution >= 0.6 is 23.2 Å². The molecular weight excluding hydrogens is 283 g/mol. The van der Waals surface area contributed by atoms with Crippen LogP contribution in [0.3, 0.4) is 0 Å². The van der Waals surface area contributed by atoms with E-state index in [1.807, 2.05) is 37.4 Å². The predicted octanol–water partition coefficient (Wildman–Crippen LogP) is 3.26. The number of hydrogen-bond acceptors (Lipinski definition) is 2. The van der Waals surface area contributed by atoms with Crippen LogP contribution in [0, 0.1) is 5.21 Å². The first-order chi connectivity index (χ1) is 9.04. The van der Waals surface area contributed by atoms with Crippen molar-refractivity contribution in [1.29, 1.82) is 0 Å². The maximum atomic E-state index is 11.4. The van der Waals surface area contributed by atoms with Crippen molar-refractivity contribution >= 4 is 23.2 Å². The minimum absolute atomic E-state index is 0.184. The molecule has 0 aliphatic heterocycles. The molecule has 2 aromatic rings. The van der Waals surface area contributed by atoms with Crippen LogP contribution in [0.2, 0.25) is 10.2 Å². The number of pyridine rings is 1. The number of aromatic nitrogens is 1. The van der Waals surface area contributed by atoms with Crippen LogP contribution < -0.4 is 4.73 Å². The molecule has 0 fully saturated rings. The molecule has 1 aromatic carbocycles. The van der Waals surface area contributed by atoms with Crippen molar-refractivity contribution in [3.8, 4) is 0 Å². The molecule has 100 valence electrons. The van der Waals surface area contributed by atoms with Gasteiger partial charge in [0.1, 0.15) is 0 Å². The van der Waals surface area contributed by atoms with E-state index < -0.39 is 0 Å². The maximum Gasteiger partial charge on any atom is 0.286 e. The first-order valence-electron chi connectivity index (χ1n) is 5.85. The van der Waals surface area contributed by atoms with Crippen LogP contribution in [0.25, 0.3) is 0 Å². The van der Waals surface area contributed by atoms with Crippen molar-refractivity contribution in [2.45, 2.75) is 13.1 Å². The minimum Gasteiger partial charge on any atom is -0.618 e. The molecule has 0 saturated heterocycles. The molecule has 0 aliphatic carbocycles. The van der Waals surface area contributed by atoms with Gasteiger partial charge in [-0.05, 0) is 42.4 Å². The summed E-state index contributed by atoms with van der Waals surface area (Å²) < 4.78 is 0.674. The van der Waals surface area contributed by atoms with E-state index in [-0.39, 0.29) is 5.15 Å². The Balaban J connectivity index is 1.98. The van der Waals surface area contributed by atoms with Gasteiger partial charge in [-0.1, -0.05) is 23.7 Å². The lowest BCUT2D eigenvalue weighted by molar-refractivity contribution is -0.603. The first kappa shape index (κ1) is 14.1. The highest BCUT2D eigenvalue weighted by Crippen LogP contribution is 2.12. The minimum atomic E-state index is 0.184.